The molecule has 6 heteroatoms. The lowest BCUT2D eigenvalue weighted by molar-refractivity contribution is -0.142. The van der Waals surface area contributed by atoms with E-state index < -0.39 is 6.04 Å². The molecule has 0 spiro atoms. The second-order valence-corrected chi connectivity index (χ2v) is 9.49. The van der Waals surface area contributed by atoms with Crippen LogP contribution < -0.4 is 10.1 Å². The van der Waals surface area contributed by atoms with E-state index in [-0.39, 0.29) is 30.9 Å². The van der Waals surface area contributed by atoms with Gasteiger partial charge in [0.2, 0.25) is 5.91 Å². The highest BCUT2D eigenvalue weighted by Crippen LogP contribution is 2.20. The van der Waals surface area contributed by atoms with E-state index in [0.717, 1.165) is 16.7 Å². The fourth-order valence-electron chi connectivity index (χ4n) is 3.75. The van der Waals surface area contributed by atoms with Crippen LogP contribution in [0.5, 0.6) is 5.75 Å². The predicted molar refractivity (Wildman–Crippen MR) is 140 cm³/mol. The van der Waals surface area contributed by atoms with E-state index in [1.54, 1.807) is 11.0 Å². The van der Waals surface area contributed by atoms with Crippen molar-refractivity contribution >= 4 is 23.4 Å². The molecule has 3 rings (SSSR count). The van der Waals surface area contributed by atoms with E-state index in [1.165, 1.54) is 0 Å². The summed E-state index contributed by atoms with van der Waals surface area (Å²) in [4.78, 5) is 28.6. The first-order valence-electron chi connectivity index (χ1n) is 11.9. The quantitative estimate of drug-likeness (QED) is 0.387. The van der Waals surface area contributed by atoms with Gasteiger partial charge in [-0.1, -0.05) is 86.1 Å². The number of ether oxygens (including phenoxy) is 1. The highest BCUT2D eigenvalue weighted by atomic mass is 35.5. The lowest BCUT2D eigenvalue weighted by Gasteiger charge is -2.32. The fraction of sp³-hybridized carbons (Fsp3) is 0.310. The second-order valence-electron chi connectivity index (χ2n) is 9.05. The van der Waals surface area contributed by atoms with Gasteiger partial charge in [0.25, 0.3) is 5.91 Å². The Kier molecular flexibility index (Phi) is 9.74. The van der Waals surface area contributed by atoms with E-state index >= 15 is 0 Å². The molecule has 1 N–H and O–H groups in total. The van der Waals surface area contributed by atoms with Crippen molar-refractivity contribution in [3.63, 3.8) is 0 Å². The molecule has 0 bridgehead atoms. The summed E-state index contributed by atoms with van der Waals surface area (Å²) < 4.78 is 5.87. The van der Waals surface area contributed by atoms with Gasteiger partial charge in [-0.15, -0.1) is 0 Å². The molecule has 3 aromatic rings. The highest BCUT2D eigenvalue weighted by Gasteiger charge is 2.30. The molecule has 0 unspecified atom stereocenters. The van der Waals surface area contributed by atoms with Gasteiger partial charge in [0.1, 0.15) is 11.8 Å². The van der Waals surface area contributed by atoms with Crippen molar-refractivity contribution < 1.29 is 14.3 Å². The van der Waals surface area contributed by atoms with Crippen molar-refractivity contribution in [1.29, 1.82) is 0 Å². The Morgan fingerprint density at radius 1 is 0.943 bits per heavy atom. The molecule has 0 aliphatic carbocycles. The monoisotopic (exact) mass is 492 g/mol. The summed E-state index contributed by atoms with van der Waals surface area (Å²) in [6.45, 7) is 6.61. The third-order valence-corrected chi connectivity index (χ3v) is 5.88. The van der Waals surface area contributed by atoms with Gasteiger partial charge in [0.15, 0.2) is 6.61 Å². The number of aryl methyl sites for hydroxylation is 1. The molecule has 0 saturated heterocycles. The molecular formula is C29H33ClN2O3. The zero-order valence-electron chi connectivity index (χ0n) is 20.5. The van der Waals surface area contributed by atoms with Crippen molar-refractivity contribution in [1.82, 2.24) is 10.2 Å². The van der Waals surface area contributed by atoms with E-state index in [9.17, 15) is 9.59 Å². The number of carbonyl (C=O) groups is 2. The van der Waals surface area contributed by atoms with Crippen LogP contribution in [0.15, 0.2) is 78.9 Å². The molecule has 0 aromatic heterocycles. The molecule has 0 aliphatic heterocycles. The van der Waals surface area contributed by atoms with E-state index in [0.29, 0.717) is 23.7 Å². The summed E-state index contributed by atoms with van der Waals surface area (Å²) in [6, 6.07) is 23.9. The van der Waals surface area contributed by atoms with Crippen LogP contribution in [0.4, 0.5) is 0 Å². The first-order chi connectivity index (χ1) is 16.8. The number of carbonyl (C=O) groups excluding carboxylic acids is 2. The van der Waals surface area contributed by atoms with Crippen LogP contribution >= 0.6 is 11.6 Å². The Hall–Kier alpha value is -3.31. The summed E-state index contributed by atoms with van der Waals surface area (Å²) in [7, 11) is 0. The van der Waals surface area contributed by atoms with Gasteiger partial charge in [0.05, 0.1) is 0 Å². The van der Waals surface area contributed by atoms with Crippen LogP contribution in [0.2, 0.25) is 5.02 Å². The van der Waals surface area contributed by atoms with Crippen molar-refractivity contribution in [2.75, 3.05) is 13.2 Å². The molecular weight excluding hydrogens is 460 g/mol. The van der Waals surface area contributed by atoms with Gasteiger partial charge in [-0.25, -0.2) is 0 Å². The maximum absolute atomic E-state index is 13.6. The molecule has 2 amide bonds. The molecule has 1 atom stereocenters. The van der Waals surface area contributed by atoms with Crippen LogP contribution in [0.25, 0.3) is 0 Å². The second kappa shape index (κ2) is 13.0. The summed E-state index contributed by atoms with van der Waals surface area (Å²) in [5.74, 6) is 0.480. The topological polar surface area (TPSA) is 58.6 Å². The average Bonchev–Trinajstić information content (AvgIpc) is 2.84. The van der Waals surface area contributed by atoms with Crippen LogP contribution in [0.1, 0.15) is 30.5 Å². The standard InChI is InChI=1S/C29H33ClN2O3/c1-21(2)18-31-29(34)26(17-23-11-5-4-6-12-23)32(19-24-13-9-14-25(30)16-24)28(33)20-35-27-15-8-7-10-22(27)3/h4-16,21,26H,17-20H2,1-3H3,(H,31,34)/t26-/m0/s1. The lowest BCUT2D eigenvalue weighted by atomic mass is 10.0. The number of rotatable bonds is 11. The number of nitrogens with one attached hydrogen (secondary N) is 1. The van der Waals surface area contributed by atoms with Gasteiger partial charge in [-0.2, -0.15) is 0 Å². The smallest absolute Gasteiger partial charge is 0.261 e. The first kappa shape index (κ1) is 26.3. The van der Waals surface area contributed by atoms with Crippen LogP contribution in [-0.4, -0.2) is 35.9 Å². The number of nitrogens with zero attached hydrogens (tertiary/aromatic N) is 1. The normalized spacial score (nSPS) is 11.7. The van der Waals surface area contributed by atoms with E-state index in [4.69, 9.17) is 16.3 Å². The zero-order chi connectivity index (χ0) is 25.2. The van der Waals surface area contributed by atoms with Gasteiger partial charge < -0.3 is 15.0 Å². The summed E-state index contributed by atoms with van der Waals surface area (Å²) in [6.07, 6.45) is 0.390. The molecule has 0 fully saturated rings. The van der Waals surface area contributed by atoms with Crippen LogP contribution in [-0.2, 0) is 22.6 Å². The lowest BCUT2D eigenvalue weighted by Crippen LogP contribution is -2.52. The van der Waals surface area contributed by atoms with E-state index in [1.807, 2.05) is 93.6 Å². The highest BCUT2D eigenvalue weighted by molar-refractivity contribution is 6.30. The number of hydrogen-bond acceptors (Lipinski definition) is 3. The maximum atomic E-state index is 13.6. The maximum Gasteiger partial charge on any atom is 0.261 e. The molecule has 3 aromatic carbocycles. The largest absolute Gasteiger partial charge is 0.484 e. The number of halogens is 1. The predicted octanol–water partition coefficient (Wildman–Crippen LogP) is 5.44. The third-order valence-electron chi connectivity index (χ3n) is 5.64. The molecule has 0 saturated carbocycles. The number of para-hydroxylation sites is 1. The third kappa shape index (κ3) is 8.15. The first-order valence-corrected chi connectivity index (χ1v) is 12.2. The average molecular weight is 493 g/mol. The number of amides is 2. The Bertz CT molecular complexity index is 1120. The minimum atomic E-state index is -0.705. The van der Waals surface area contributed by atoms with Gasteiger partial charge >= 0.3 is 0 Å². The fourth-order valence-corrected chi connectivity index (χ4v) is 3.96. The Morgan fingerprint density at radius 2 is 1.63 bits per heavy atom. The SMILES string of the molecule is Cc1ccccc1OCC(=O)N(Cc1cccc(Cl)c1)[C@@H](Cc1ccccc1)C(=O)NCC(C)C. The summed E-state index contributed by atoms with van der Waals surface area (Å²) >= 11 is 6.22. The molecule has 184 valence electrons. The van der Waals surface area contributed by atoms with Crippen molar-refractivity contribution in [2.45, 2.75) is 39.8 Å². The van der Waals surface area contributed by atoms with Crippen LogP contribution in [0, 0.1) is 12.8 Å². The zero-order valence-corrected chi connectivity index (χ0v) is 21.3. The number of hydrogen-bond donors (Lipinski definition) is 1. The van der Waals surface area contributed by atoms with E-state index in [2.05, 4.69) is 5.32 Å². The Morgan fingerprint density at radius 3 is 2.31 bits per heavy atom. The molecule has 5 nitrogen and oxygen atoms in total. The number of benzene rings is 3. The minimum absolute atomic E-state index is 0.172. The Labute approximate surface area is 213 Å². The summed E-state index contributed by atoms with van der Waals surface area (Å²) in [5, 5.41) is 3.60. The molecule has 0 heterocycles. The van der Waals surface area contributed by atoms with Gasteiger partial charge in [-0.05, 0) is 47.7 Å². The van der Waals surface area contributed by atoms with Gasteiger partial charge in [0, 0.05) is 24.5 Å². The molecule has 0 aliphatic rings. The Balaban J connectivity index is 1.91. The van der Waals surface area contributed by atoms with Crippen molar-refractivity contribution in [3.05, 3.63) is 101 Å². The molecule has 0 radical (unpaired) electrons. The van der Waals surface area contributed by atoms with Crippen molar-refractivity contribution in [2.24, 2.45) is 5.92 Å². The van der Waals surface area contributed by atoms with Crippen molar-refractivity contribution in [3.8, 4) is 5.75 Å². The minimum Gasteiger partial charge on any atom is -0.484 e. The molecule has 35 heavy (non-hydrogen) atoms. The van der Waals surface area contributed by atoms with Crippen LogP contribution in [0.3, 0.4) is 0 Å². The summed E-state index contributed by atoms with van der Waals surface area (Å²) in [5.41, 5.74) is 2.76. The van der Waals surface area contributed by atoms with Gasteiger partial charge in [-0.3, -0.25) is 9.59 Å².